The molecule has 0 unspecified atom stereocenters. The van der Waals surface area contributed by atoms with Gasteiger partial charge in [-0.25, -0.2) is 0 Å². The highest BCUT2D eigenvalue weighted by Crippen LogP contribution is 2.15. The Bertz CT molecular complexity index is 719. The molecule has 0 bridgehead atoms. The quantitative estimate of drug-likeness (QED) is 0.870. The van der Waals surface area contributed by atoms with Gasteiger partial charge in [0.15, 0.2) is 12.4 Å². The van der Waals surface area contributed by atoms with E-state index < -0.39 is 5.54 Å². The van der Waals surface area contributed by atoms with Crippen LogP contribution in [0.3, 0.4) is 0 Å². The first-order chi connectivity index (χ1) is 11.8. The molecule has 0 radical (unpaired) electrons. The molecule has 0 saturated heterocycles. The number of aromatic nitrogens is 1. The van der Waals surface area contributed by atoms with Crippen LogP contribution in [0, 0.1) is 6.92 Å². The normalized spacial score (nSPS) is 11.0. The summed E-state index contributed by atoms with van der Waals surface area (Å²) in [5.74, 6) is 0.894. The molecule has 1 aromatic carbocycles. The lowest BCUT2D eigenvalue weighted by Gasteiger charge is -2.35. The fraction of sp³-hybridized carbons (Fsp3) is 0.389. The molecule has 7 nitrogen and oxygen atoms in total. The van der Waals surface area contributed by atoms with Gasteiger partial charge in [-0.1, -0.05) is 23.4 Å². The zero-order valence-electron chi connectivity index (χ0n) is 14.9. The molecule has 0 spiro atoms. The summed E-state index contributed by atoms with van der Waals surface area (Å²) in [5, 5.41) is 6.33. The van der Waals surface area contributed by atoms with Crippen molar-refractivity contribution in [2.75, 3.05) is 18.5 Å². The van der Waals surface area contributed by atoms with Crippen LogP contribution in [0.4, 0.5) is 5.82 Å². The Hall–Kier alpha value is -2.83. The molecule has 2 amide bonds. The van der Waals surface area contributed by atoms with Gasteiger partial charge in [-0.2, -0.15) is 0 Å². The second-order valence-electron chi connectivity index (χ2n) is 6.62. The molecule has 1 heterocycles. The summed E-state index contributed by atoms with van der Waals surface area (Å²) in [7, 11) is 0. The van der Waals surface area contributed by atoms with E-state index in [1.54, 1.807) is 25.1 Å². The molecular formula is C18H23N3O4. The molecule has 1 N–H and O–H groups in total. The molecule has 134 valence electrons. The van der Waals surface area contributed by atoms with Gasteiger partial charge in [-0.05, 0) is 39.8 Å². The van der Waals surface area contributed by atoms with E-state index in [9.17, 15) is 9.59 Å². The number of carbonyl (C=O) groups is 2. The Morgan fingerprint density at radius 3 is 2.48 bits per heavy atom. The average Bonchev–Trinajstić information content (AvgIpc) is 2.95. The van der Waals surface area contributed by atoms with Gasteiger partial charge in [-0.3, -0.25) is 9.59 Å². The summed E-state index contributed by atoms with van der Waals surface area (Å²) in [6.07, 6.45) is 0. The maximum Gasteiger partial charge on any atom is 0.261 e. The van der Waals surface area contributed by atoms with Crippen LogP contribution in [0.2, 0.25) is 0 Å². The zero-order chi connectivity index (χ0) is 18.4. The Kier molecular flexibility index (Phi) is 5.80. The standard InChI is InChI=1S/C18H23N3O4/c1-13-10-15(20-25-13)19-16(22)11-21(18(2,3)4)17(23)12-24-14-8-6-5-7-9-14/h5-10H,11-12H2,1-4H3,(H,19,20,22). The third kappa shape index (κ3) is 5.63. The van der Waals surface area contributed by atoms with E-state index in [1.165, 1.54) is 4.90 Å². The van der Waals surface area contributed by atoms with Crippen LogP contribution in [-0.4, -0.2) is 40.6 Å². The lowest BCUT2D eigenvalue weighted by molar-refractivity contribution is -0.141. The summed E-state index contributed by atoms with van der Waals surface area (Å²) in [6, 6.07) is 10.7. The Labute approximate surface area is 146 Å². The number of nitrogens with one attached hydrogen (secondary N) is 1. The van der Waals surface area contributed by atoms with Crippen molar-refractivity contribution in [2.45, 2.75) is 33.2 Å². The third-order valence-corrected chi connectivity index (χ3v) is 3.41. The van der Waals surface area contributed by atoms with Crippen molar-refractivity contribution in [3.05, 3.63) is 42.2 Å². The SMILES string of the molecule is Cc1cc(NC(=O)CN(C(=O)COc2ccccc2)C(C)(C)C)no1. The van der Waals surface area contributed by atoms with Gasteiger partial charge < -0.3 is 19.5 Å². The second-order valence-corrected chi connectivity index (χ2v) is 6.62. The van der Waals surface area contributed by atoms with E-state index in [4.69, 9.17) is 9.26 Å². The van der Waals surface area contributed by atoms with Crippen molar-refractivity contribution in [1.82, 2.24) is 10.1 Å². The number of anilines is 1. The smallest absolute Gasteiger partial charge is 0.261 e. The highest BCUT2D eigenvalue weighted by atomic mass is 16.5. The summed E-state index contributed by atoms with van der Waals surface area (Å²) in [4.78, 5) is 26.2. The fourth-order valence-corrected chi connectivity index (χ4v) is 2.19. The van der Waals surface area contributed by atoms with Crippen molar-refractivity contribution >= 4 is 17.6 Å². The molecule has 25 heavy (non-hydrogen) atoms. The number of benzene rings is 1. The first kappa shape index (κ1) is 18.5. The summed E-state index contributed by atoms with van der Waals surface area (Å²) >= 11 is 0. The number of para-hydroxylation sites is 1. The van der Waals surface area contributed by atoms with Gasteiger partial charge >= 0.3 is 0 Å². The summed E-state index contributed by atoms with van der Waals surface area (Å²) in [5.41, 5.74) is -0.534. The van der Waals surface area contributed by atoms with Gasteiger partial charge in [-0.15, -0.1) is 0 Å². The fourth-order valence-electron chi connectivity index (χ4n) is 2.19. The number of carbonyl (C=O) groups excluding carboxylic acids is 2. The minimum absolute atomic E-state index is 0.105. The second kappa shape index (κ2) is 7.83. The maximum atomic E-state index is 12.5. The monoisotopic (exact) mass is 345 g/mol. The van der Waals surface area contributed by atoms with Crippen LogP contribution < -0.4 is 10.1 Å². The number of rotatable bonds is 6. The average molecular weight is 345 g/mol. The minimum Gasteiger partial charge on any atom is -0.484 e. The number of ether oxygens (including phenoxy) is 1. The van der Waals surface area contributed by atoms with Crippen LogP contribution in [-0.2, 0) is 9.59 Å². The third-order valence-electron chi connectivity index (χ3n) is 3.41. The highest BCUT2D eigenvalue weighted by Gasteiger charge is 2.29. The largest absolute Gasteiger partial charge is 0.484 e. The van der Waals surface area contributed by atoms with Crippen LogP contribution in [0.25, 0.3) is 0 Å². The molecule has 0 saturated carbocycles. The number of nitrogens with zero attached hydrogens (tertiary/aromatic N) is 2. The Morgan fingerprint density at radius 2 is 1.92 bits per heavy atom. The number of aryl methyl sites for hydroxylation is 1. The number of hydrogen-bond donors (Lipinski definition) is 1. The summed E-state index contributed by atoms with van der Waals surface area (Å²) in [6.45, 7) is 7.07. The molecule has 0 aliphatic heterocycles. The Balaban J connectivity index is 1.97. The summed E-state index contributed by atoms with van der Waals surface area (Å²) < 4.78 is 10.4. The van der Waals surface area contributed by atoms with E-state index in [2.05, 4.69) is 10.5 Å². The first-order valence-electron chi connectivity index (χ1n) is 7.97. The van der Waals surface area contributed by atoms with Crippen molar-refractivity contribution in [2.24, 2.45) is 0 Å². The van der Waals surface area contributed by atoms with Gasteiger partial charge in [0.05, 0.1) is 0 Å². The molecule has 7 heteroatoms. The molecule has 0 aliphatic rings. The van der Waals surface area contributed by atoms with E-state index in [0.717, 1.165) is 0 Å². The van der Waals surface area contributed by atoms with E-state index >= 15 is 0 Å². The number of hydrogen-bond acceptors (Lipinski definition) is 5. The topological polar surface area (TPSA) is 84.7 Å². The highest BCUT2D eigenvalue weighted by molar-refractivity contribution is 5.94. The van der Waals surface area contributed by atoms with E-state index in [0.29, 0.717) is 17.3 Å². The molecule has 0 atom stereocenters. The molecule has 0 fully saturated rings. The van der Waals surface area contributed by atoms with Gasteiger partial charge in [0.2, 0.25) is 5.91 Å². The zero-order valence-corrected chi connectivity index (χ0v) is 14.9. The minimum atomic E-state index is -0.534. The molecular weight excluding hydrogens is 322 g/mol. The lowest BCUT2D eigenvalue weighted by atomic mass is 10.1. The lowest BCUT2D eigenvalue weighted by Crippen LogP contribution is -2.51. The van der Waals surface area contributed by atoms with E-state index in [1.807, 2.05) is 39.0 Å². The molecule has 2 rings (SSSR count). The van der Waals surface area contributed by atoms with Crippen molar-refractivity contribution in [1.29, 1.82) is 0 Å². The van der Waals surface area contributed by atoms with Crippen molar-refractivity contribution < 1.29 is 18.8 Å². The van der Waals surface area contributed by atoms with E-state index in [-0.39, 0.29) is 25.0 Å². The van der Waals surface area contributed by atoms with Crippen LogP contribution >= 0.6 is 0 Å². The van der Waals surface area contributed by atoms with Crippen LogP contribution in [0.5, 0.6) is 5.75 Å². The van der Waals surface area contributed by atoms with Gasteiger partial charge in [0.1, 0.15) is 18.1 Å². The molecule has 1 aromatic heterocycles. The van der Waals surface area contributed by atoms with Gasteiger partial charge in [0, 0.05) is 11.6 Å². The predicted molar refractivity (Wildman–Crippen MR) is 93.3 cm³/mol. The Morgan fingerprint density at radius 1 is 1.24 bits per heavy atom. The van der Waals surface area contributed by atoms with Crippen LogP contribution in [0.15, 0.2) is 40.9 Å². The van der Waals surface area contributed by atoms with Crippen LogP contribution in [0.1, 0.15) is 26.5 Å². The van der Waals surface area contributed by atoms with Gasteiger partial charge in [0.25, 0.3) is 5.91 Å². The molecule has 0 aliphatic carbocycles. The number of amides is 2. The molecule has 2 aromatic rings. The predicted octanol–water partition coefficient (Wildman–Crippen LogP) is 2.63. The van der Waals surface area contributed by atoms with Crippen molar-refractivity contribution in [3.63, 3.8) is 0 Å². The first-order valence-corrected chi connectivity index (χ1v) is 7.97. The van der Waals surface area contributed by atoms with Crippen molar-refractivity contribution in [3.8, 4) is 5.75 Å². The maximum absolute atomic E-state index is 12.5.